The van der Waals surface area contributed by atoms with Gasteiger partial charge in [0.25, 0.3) is 0 Å². The molecule has 138 valence electrons. The van der Waals surface area contributed by atoms with Crippen LogP contribution in [0, 0.1) is 17.8 Å². The first-order valence-corrected chi connectivity index (χ1v) is 8.96. The minimum Gasteiger partial charge on any atom is -0.480 e. The van der Waals surface area contributed by atoms with Crippen molar-refractivity contribution in [2.75, 3.05) is 0 Å². The number of hydrogen-bond donors (Lipinski definition) is 2. The van der Waals surface area contributed by atoms with Gasteiger partial charge in [0.15, 0.2) is 0 Å². The van der Waals surface area contributed by atoms with E-state index < -0.39 is 18.1 Å². The maximum atomic E-state index is 11.2. The molecule has 6 heteroatoms. The summed E-state index contributed by atoms with van der Waals surface area (Å²) in [5, 5.41) is 13.0. The second-order valence-corrected chi connectivity index (χ2v) is 6.47. The molecule has 1 aromatic rings. The number of benzene rings is 1. The van der Waals surface area contributed by atoms with Crippen LogP contribution in [-0.4, -0.2) is 29.4 Å². The quantitative estimate of drug-likeness (QED) is 0.538. The molecule has 0 aliphatic heterocycles. The lowest BCUT2D eigenvalue weighted by atomic mass is 10.0. The molecule has 0 aliphatic rings. The largest absolute Gasteiger partial charge is 0.480 e. The second-order valence-electron chi connectivity index (χ2n) is 5.59. The molecule has 0 saturated carbocycles. The standard InChI is InChI=1S/C17H19Cl2NO3.C2H6/c1-11(2)6-16(17(22)23)20-15(10-21)5-3-4-12-7-13(18)9-14(19)8-12;1-2/h7-11,15-16,20H,5-6H2,1-2H3,(H,22,23);1-2H3/t15-,16-;/m0./s1. The molecule has 2 atom stereocenters. The summed E-state index contributed by atoms with van der Waals surface area (Å²) in [6.45, 7) is 7.85. The fraction of sp³-hybridized carbons (Fsp3) is 0.474. The zero-order chi connectivity index (χ0) is 19.4. The van der Waals surface area contributed by atoms with Crippen molar-refractivity contribution in [1.82, 2.24) is 5.32 Å². The highest BCUT2D eigenvalue weighted by molar-refractivity contribution is 6.34. The first kappa shape index (κ1) is 23.5. The van der Waals surface area contributed by atoms with Crippen molar-refractivity contribution in [2.24, 2.45) is 5.92 Å². The predicted octanol–water partition coefficient (Wildman–Crippen LogP) is 4.42. The van der Waals surface area contributed by atoms with Gasteiger partial charge in [0.05, 0.1) is 6.04 Å². The molecule has 0 bridgehead atoms. The first-order chi connectivity index (χ1) is 11.8. The lowest BCUT2D eigenvalue weighted by Gasteiger charge is -2.19. The number of halogens is 2. The first-order valence-electron chi connectivity index (χ1n) is 8.21. The summed E-state index contributed by atoms with van der Waals surface area (Å²) in [5.74, 6) is 4.95. The molecule has 0 heterocycles. The fourth-order valence-electron chi connectivity index (χ4n) is 2.01. The van der Waals surface area contributed by atoms with Gasteiger partial charge in [-0.1, -0.05) is 62.7 Å². The highest BCUT2D eigenvalue weighted by atomic mass is 35.5. The number of aliphatic carboxylic acids is 1. The lowest BCUT2D eigenvalue weighted by Crippen LogP contribution is -2.44. The zero-order valence-electron chi connectivity index (χ0n) is 15.0. The molecule has 0 fully saturated rings. The Morgan fingerprint density at radius 1 is 1.24 bits per heavy atom. The van der Waals surface area contributed by atoms with Gasteiger partial charge in [-0.3, -0.25) is 10.1 Å². The summed E-state index contributed by atoms with van der Waals surface area (Å²) >= 11 is 11.8. The normalized spacial score (nSPS) is 12.3. The Morgan fingerprint density at radius 3 is 2.24 bits per heavy atom. The summed E-state index contributed by atoms with van der Waals surface area (Å²) in [4.78, 5) is 22.3. The average Bonchev–Trinajstić information content (AvgIpc) is 2.53. The van der Waals surface area contributed by atoms with Crippen molar-refractivity contribution in [1.29, 1.82) is 0 Å². The van der Waals surface area contributed by atoms with Crippen LogP contribution in [0.1, 0.15) is 46.1 Å². The number of carbonyl (C=O) groups is 2. The Kier molecular flexibility index (Phi) is 12.0. The van der Waals surface area contributed by atoms with E-state index in [-0.39, 0.29) is 12.3 Å². The molecule has 0 amide bonds. The van der Waals surface area contributed by atoms with Gasteiger partial charge < -0.3 is 9.90 Å². The topological polar surface area (TPSA) is 66.4 Å². The van der Waals surface area contributed by atoms with E-state index in [0.717, 1.165) is 0 Å². The van der Waals surface area contributed by atoms with E-state index in [0.29, 0.717) is 28.3 Å². The van der Waals surface area contributed by atoms with Gasteiger partial charge in [-0.05, 0) is 30.5 Å². The third kappa shape index (κ3) is 10.1. The minimum atomic E-state index is -0.972. The number of carboxylic acids is 1. The average molecular weight is 386 g/mol. The maximum absolute atomic E-state index is 11.2. The van der Waals surface area contributed by atoms with Crippen LogP contribution < -0.4 is 5.32 Å². The van der Waals surface area contributed by atoms with Crippen molar-refractivity contribution in [2.45, 2.75) is 52.6 Å². The predicted molar refractivity (Wildman–Crippen MR) is 103 cm³/mol. The van der Waals surface area contributed by atoms with Gasteiger partial charge in [0, 0.05) is 22.0 Å². The molecule has 25 heavy (non-hydrogen) atoms. The van der Waals surface area contributed by atoms with Crippen LogP contribution in [0.2, 0.25) is 10.0 Å². The highest BCUT2D eigenvalue weighted by Gasteiger charge is 2.21. The Labute approximate surface area is 159 Å². The molecule has 0 radical (unpaired) electrons. The molecule has 0 saturated heterocycles. The van der Waals surface area contributed by atoms with Crippen LogP contribution >= 0.6 is 23.2 Å². The molecule has 4 nitrogen and oxygen atoms in total. The van der Waals surface area contributed by atoms with E-state index in [1.165, 1.54) is 0 Å². The molecule has 1 rings (SSSR count). The molecule has 2 N–H and O–H groups in total. The van der Waals surface area contributed by atoms with E-state index in [2.05, 4.69) is 17.2 Å². The highest BCUT2D eigenvalue weighted by Crippen LogP contribution is 2.18. The Hall–Kier alpha value is -1.54. The minimum absolute atomic E-state index is 0.204. The number of hydrogen-bond acceptors (Lipinski definition) is 3. The molecule has 1 aromatic carbocycles. The Bertz CT molecular complexity index is 601. The van der Waals surface area contributed by atoms with E-state index in [9.17, 15) is 14.7 Å². The van der Waals surface area contributed by atoms with Crippen molar-refractivity contribution in [3.05, 3.63) is 33.8 Å². The smallest absolute Gasteiger partial charge is 0.320 e. The molecule has 0 aliphatic carbocycles. The number of carbonyl (C=O) groups excluding carboxylic acids is 1. The number of nitrogens with one attached hydrogen (secondary N) is 1. The van der Waals surface area contributed by atoms with E-state index >= 15 is 0 Å². The summed E-state index contributed by atoms with van der Waals surface area (Å²) in [6, 6.07) is 3.53. The molecule has 0 aromatic heterocycles. The van der Waals surface area contributed by atoms with Gasteiger partial charge in [-0.2, -0.15) is 0 Å². The summed E-state index contributed by atoms with van der Waals surface area (Å²) in [7, 11) is 0. The molecular weight excluding hydrogens is 361 g/mol. The van der Waals surface area contributed by atoms with E-state index in [1.807, 2.05) is 27.7 Å². The summed E-state index contributed by atoms with van der Waals surface area (Å²) in [5.41, 5.74) is 0.643. The second kappa shape index (κ2) is 12.8. The number of aldehydes is 1. The van der Waals surface area contributed by atoms with Crippen LogP contribution in [-0.2, 0) is 9.59 Å². The van der Waals surface area contributed by atoms with E-state index in [1.54, 1.807) is 18.2 Å². The summed E-state index contributed by atoms with van der Waals surface area (Å²) in [6.07, 6.45) is 1.32. The SMILES string of the molecule is CC.CC(C)C[C@H](N[C@H](C=O)CC#Cc1cc(Cl)cc(Cl)c1)C(=O)O. The van der Waals surface area contributed by atoms with Crippen LogP contribution in [0.5, 0.6) is 0 Å². The van der Waals surface area contributed by atoms with Gasteiger partial charge in [0.2, 0.25) is 0 Å². The maximum Gasteiger partial charge on any atom is 0.320 e. The Balaban J connectivity index is 0.00000277. The monoisotopic (exact) mass is 385 g/mol. The van der Waals surface area contributed by atoms with Gasteiger partial charge in [0.1, 0.15) is 12.3 Å². The third-order valence-corrected chi connectivity index (χ3v) is 3.44. The number of rotatable bonds is 7. The fourth-order valence-corrected chi connectivity index (χ4v) is 2.53. The van der Waals surface area contributed by atoms with Crippen LogP contribution in [0.4, 0.5) is 0 Å². The van der Waals surface area contributed by atoms with Crippen molar-refractivity contribution < 1.29 is 14.7 Å². The van der Waals surface area contributed by atoms with Crippen molar-refractivity contribution in [3.8, 4) is 11.8 Å². The van der Waals surface area contributed by atoms with Gasteiger partial charge in [-0.15, -0.1) is 0 Å². The molecular formula is C19H25Cl2NO3. The van der Waals surface area contributed by atoms with Gasteiger partial charge >= 0.3 is 5.97 Å². The van der Waals surface area contributed by atoms with Crippen molar-refractivity contribution in [3.63, 3.8) is 0 Å². The molecule has 0 unspecified atom stereocenters. The zero-order valence-corrected chi connectivity index (χ0v) is 16.5. The van der Waals surface area contributed by atoms with Crippen molar-refractivity contribution >= 4 is 35.5 Å². The molecule has 0 spiro atoms. The number of carboxylic acid groups (broad SMARTS) is 1. The van der Waals surface area contributed by atoms with E-state index in [4.69, 9.17) is 23.2 Å². The third-order valence-electron chi connectivity index (χ3n) is 3.00. The Morgan fingerprint density at radius 2 is 1.80 bits per heavy atom. The van der Waals surface area contributed by atoms with Crippen LogP contribution in [0.15, 0.2) is 18.2 Å². The van der Waals surface area contributed by atoms with Crippen LogP contribution in [0.25, 0.3) is 0 Å². The summed E-state index contributed by atoms with van der Waals surface area (Å²) < 4.78 is 0. The van der Waals surface area contributed by atoms with Crippen LogP contribution in [0.3, 0.4) is 0 Å². The lowest BCUT2D eigenvalue weighted by molar-refractivity contribution is -0.140. The van der Waals surface area contributed by atoms with Gasteiger partial charge in [-0.25, -0.2) is 0 Å².